The van der Waals surface area contributed by atoms with E-state index in [-0.39, 0.29) is 5.92 Å². The molecule has 0 aliphatic carbocycles. The molecule has 66 valence electrons. The maximum Gasteiger partial charge on any atom is 0.235 e. The molecule has 0 radical (unpaired) electrons. The maximum absolute atomic E-state index is 10.7. The first-order valence-electron chi connectivity index (χ1n) is 3.56. The lowest BCUT2D eigenvalue weighted by Gasteiger charge is -2.13. The third-order valence-electron chi connectivity index (χ3n) is 1.79. The molecule has 12 heavy (non-hydrogen) atoms. The number of aromatic nitrogens is 1. The monoisotopic (exact) mass is 185 g/mol. The molecule has 0 fully saturated rings. The lowest BCUT2D eigenvalue weighted by Crippen LogP contribution is -2.40. The molecule has 0 aliphatic rings. The molecule has 0 saturated carbocycles. The van der Waals surface area contributed by atoms with Crippen LogP contribution in [0.5, 0.6) is 0 Å². The Hall–Kier alpha value is -0.940. The molecule has 0 spiro atoms. The van der Waals surface area contributed by atoms with Crippen molar-refractivity contribution in [1.82, 2.24) is 4.98 Å². The van der Waals surface area contributed by atoms with Crippen LogP contribution in [0.3, 0.4) is 0 Å². The van der Waals surface area contributed by atoms with Crippen molar-refractivity contribution in [3.8, 4) is 0 Å². The van der Waals surface area contributed by atoms with Gasteiger partial charge in [0.1, 0.15) is 0 Å². The number of nitrogens with two attached hydrogens (primary N) is 2. The fraction of sp³-hybridized carbons (Fsp3) is 0.429. The number of rotatable bonds is 3. The van der Waals surface area contributed by atoms with Crippen LogP contribution in [0.4, 0.5) is 0 Å². The predicted molar refractivity (Wildman–Crippen MR) is 47.7 cm³/mol. The molecule has 0 bridgehead atoms. The Morgan fingerprint density at radius 3 is 2.83 bits per heavy atom. The van der Waals surface area contributed by atoms with Gasteiger partial charge in [-0.1, -0.05) is 6.92 Å². The van der Waals surface area contributed by atoms with E-state index in [0.29, 0.717) is 0 Å². The van der Waals surface area contributed by atoms with E-state index in [9.17, 15) is 4.79 Å². The van der Waals surface area contributed by atoms with E-state index < -0.39 is 11.9 Å². The number of hydrogen-bond acceptors (Lipinski definition) is 4. The number of thiazole rings is 1. The largest absolute Gasteiger partial charge is 0.368 e. The van der Waals surface area contributed by atoms with Crippen LogP contribution in [0.2, 0.25) is 0 Å². The van der Waals surface area contributed by atoms with Crippen molar-refractivity contribution in [2.75, 3.05) is 0 Å². The van der Waals surface area contributed by atoms with Gasteiger partial charge in [-0.3, -0.25) is 4.79 Å². The Balaban J connectivity index is 2.71. The van der Waals surface area contributed by atoms with Crippen molar-refractivity contribution in [3.05, 3.63) is 16.6 Å². The third kappa shape index (κ3) is 1.80. The van der Waals surface area contributed by atoms with Crippen LogP contribution in [0.1, 0.15) is 18.5 Å². The summed E-state index contributed by atoms with van der Waals surface area (Å²) in [4.78, 5) is 14.8. The molecule has 2 unspecified atom stereocenters. The second-order valence-electron chi connectivity index (χ2n) is 2.63. The topological polar surface area (TPSA) is 82.0 Å². The van der Waals surface area contributed by atoms with Gasteiger partial charge < -0.3 is 11.5 Å². The van der Waals surface area contributed by atoms with Crippen LogP contribution in [0.15, 0.2) is 10.9 Å². The molecule has 1 aromatic rings. The van der Waals surface area contributed by atoms with Gasteiger partial charge in [-0.25, -0.2) is 4.98 Å². The number of carbonyl (C=O) groups excluding carboxylic acids is 1. The van der Waals surface area contributed by atoms with Crippen LogP contribution in [-0.4, -0.2) is 16.9 Å². The number of primary amides is 1. The third-order valence-corrected chi connectivity index (χ3v) is 2.39. The normalized spacial score (nSPS) is 15.5. The lowest BCUT2D eigenvalue weighted by molar-refractivity contribution is -0.119. The first kappa shape index (κ1) is 9.15. The van der Waals surface area contributed by atoms with Gasteiger partial charge in [0.25, 0.3) is 0 Å². The van der Waals surface area contributed by atoms with Gasteiger partial charge in [-0.2, -0.15) is 0 Å². The number of amides is 1. The summed E-state index contributed by atoms with van der Waals surface area (Å²) >= 11 is 1.48. The highest BCUT2D eigenvalue weighted by Crippen LogP contribution is 2.17. The summed E-state index contributed by atoms with van der Waals surface area (Å²) in [5, 5.41) is 1.87. The molecule has 0 aliphatic heterocycles. The van der Waals surface area contributed by atoms with E-state index in [4.69, 9.17) is 11.5 Å². The summed E-state index contributed by atoms with van der Waals surface area (Å²) in [6.07, 6.45) is 0. The average Bonchev–Trinajstić information content (AvgIpc) is 2.53. The lowest BCUT2D eigenvalue weighted by atomic mass is 10.00. The van der Waals surface area contributed by atoms with Crippen LogP contribution < -0.4 is 11.5 Å². The summed E-state index contributed by atoms with van der Waals surface area (Å²) in [5.41, 5.74) is 13.1. The Kier molecular flexibility index (Phi) is 2.78. The highest BCUT2D eigenvalue weighted by Gasteiger charge is 2.20. The Bertz CT molecular complexity index is 260. The molecule has 4 N–H and O–H groups in total. The van der Waals surface area contributed by atoms with Gasteiger partial charge in [0.2, 0.25) is 5.91 Å². The average molecular weight is 185 g/mol. The highest BCUT2D eigenvalue weighted by atomic mass is 32.1. The van der Waals surface area contributed by atoms with Crippen molar-refractivity contribution >= 4 is 17.2 Å². The fourth-order valence-electron chi connectivity index (χ4n) is 0.877. The van der Waals surface area contributed by atoms with Crippen molar-refractivity contribution in [2.24, 2.45) is 11.5 Å². The zero-order chi connectivity index (χ0) is 9.14. The summed E-state index contributed by atoms with van der Waals surface area (Å²) in [7, 11) is 0. The van der Waals surface area contributed by atoms with E-state index in [2.05, 4.69) is 4.98 Å². The Morgan fingerprint density at radius 1 is 1.75 bits per heavy atom. The summed E-state index contributed by atoms with van der Waals surface area (Å²) in [6, 6.07) is -0.646. The highest BCUT2D eigenvalue weighted by molar-refractivity contribution is 7.07. The van der Waals surface area contributed by atoms with E-state index in [1.54, 1.807) is 5.51 Å². The molecule has 5 heteroatoms. The zero-order valence-corrected chi connectivity index (χ0v) is 7.54. The second-order valence-corrected chi connectivity index (χ2v) is 3.35. The summed E-state index contributed by atoms with van der Waals surface area (Å²) in [5.74, 6) is -0.593. The van der Waals surface area contributed by atoms with Gasteiger partial charge in [0.05, 0.1) is 17.2 Å². The van der Waals surface area contributed by atoms with Crippen LogP contribution in [-0.2, 0) is 4.79 Å². The molecule has 0 aromatic carbocycles. The van der Waals surface area contributed by atoms with E-state index in [1.807, 2.05) is 12.3 Å². The molecule has 1 aromatic heterocycles. The predicted octanol–water partition coefficient (Wildman–Crippen LogP) is 0.0592. The summed E-state index contributed by atoms with van der Waals surface area (Å²) in [6.45, 7) is 1.84. The fourth-order valence-corrected chi connectivity index (χ4v) is 1.54. The molecule has 0 saturated heterocycles. The SMILES string of the molecule is CC(c1cscn1)C(N)C(N)=O. The van der Waals surface area contributed by atoms with Gasteiger partial charge >= 0.3 is 0 Å². The van der Waals surface area contributed by atoms with Gasteiger partial charge in [0.15, 0.2) is 0 Å². The van der Waals surface area contributed by atoms with Crippen LogP contribution >= 0.6 is 11.3 Å². The first-order chi connectivity index (χ1) is 5.63. The first-order valence-corrected chi connectivity index (χ1v) is 4.50. The zero-order valence-electron chi connectivity index (χ0n) is 6.73. The minimum atomic E-state index is -0.646. The van der Waals surface area contributed by atoms with Crippen LogP contribution in [0.25, 0.3) is 0 Å². The van der Waals surface area contributed by atoms with Crippen molar-refractivity contribution in [3.63, 3.8) is 0 Å². The molecule has 2 atom stereocenters. The Labute approximate surface area is 74.6 Å². The Morgan fingerprint density at radius 2 is 2.42 bits per heavy atom. The molecular formula is C7H11N3OS. The number of carbonyl (C=O) groups is 1. The van der Waals surface area contributed by atoms with Gasteiger partial charge in [-0.05, 0) is 0 Å². The van der Waals surface area contributed by atoms with Crippen molar-refractivity contribution in [2.45, 2.75) is 18.9 Å². The van der Waals surface area contributed by atoms with Gasteiger partial charge in [0, 0.05) is 11.3 Å². The maximum atomic E-state index is 10.7. The molecule has 1 rings (SSSR count). The van der Waals surface area contributed by atoms with Crippen molar-refractivity contribution < 1.29 is 4.79 Å². The molecule has 1 amide bonds. The quantitative estimate of drug-likeness (QED) is 0.698. The number of hydrogen-bond donors (Lipinski definition) is 2. The van der Waals surface area contributed by atoms with E-state index in [1.165, 1.54) is 11.3 Å². The minimum absolute atomic E-state index is 0.103. The smallest absolute Gasteiger partial charge is 0.235 e. The minimum Gasteiger partial charge on any atom is -0.368 e. The molecule has 4 nitrogen and oxygen atoms in total. The second kappa shape index (κ2) is 3.64. The molecular weight excluding hydrogens is 174 g/mol. The summed E-state index contributed by atoms with van der Waals surface area (Å²) < 4.78 is 0. The standard InChI is InChI=1S/C7H11N3OS/c1-4(6(8)7(9)11)5-2-12-3-10-5/h2-4,6H,8H2,1H3,(H2,9,11). The van der Waals surface area contributed by atoms with E-state index >= 15 is 0 Å². The molecule has 1 heterocycles. The number of nitrogens with zero attached hydrogens (tertiary/aromatic N) is 1. The van der Waals surface area contributed by atoms with Crippen LogP contribution in [0, 0.1) is 0 Å². The van der Waals surface area contributed by atoms with Gasteiger partial charge in [-0.15, -0.1) is 11.3 Å². The van der Waals surface area contributed by atoms with E-state index in [0.717, 1.165) is 5.69 Å². The van der Waals surface area contributed by atoms with Crippen molar-refractivity contribution in [1.29, 1.82) is 0 Å².